The van der Waals surface area contributed by atoms with Crippen LogP contribution in [-0.4, -0.2) is 62.7 Å². The Hall–Kier alpha value is -3.42. The number of aromatic nitrogens is 1. The molecule has 0 spiro atoms. The lowest BCUT2D eigenvalue weighted by molar-refractivity contribution is 0.0954. The first-order valence-electron chi connectivity index (χ1n) is 11.9. The number of likely N-dealkylation sites (N-methyl/N-ethyl adjacent to an activating group) is 1. The van der Waals surface area contributed by atoms with Crippen molar-refractivity contribution in [2.45, 2.75) is 6.42 Å². The average molecular weight is 487 g/mol. The predicted octanol–water partition coefficient (Wildman–Crippen LogP) is 4.70. The summed E-state index contributed by atoms with van der Waals surface area (Å²) in [6, 6.07) is 22.3. The van der Waals surface area contributed by atoms with E-state index in [0.717, 1.165) is 64.7 Å². The first-order valence-corrected chi connectivity index (χ1v) is 12.8. The summed E-state index contributed by atoms with van der Waals surface area (Å²) in [5.41, 5.74) is 5.11. The average Bonchev–Trinajstić information content (AvgIpc) is 3.33. The Labute approximate surface area is 210 Å². The highest BCUT2D eigenvalue weighted by atomic mass is 32.1. The van der Waals surface area contributed by atoms with Crippen LogP contribution < -0.4 is 15.0 Å². The molecule has 1 amide bonds. The minimum atomic E-state index is -0.0631. The minimum absolute atomic E-state index is 0.0631. The highest BCUT2D eigenvalue weighted by molar-refractivity contribution is 7.21. The Morgan fingerprint density at radius 2 is 1.74 bits per heavy atom. The number of carbonyl (C=O) groups is 1. The third-order valence-corrected chi connectivity index (χ3v) is 7.56. The minimum Gasteiger partial charge on any atom is -0.497 e. The maximum atomic E-state index is 12.7. The number of methoxy groups -OCH3 is 1. The number of benzene rings is 3. The monoisotopic (exact) mass is 486 g/mol. The highest BCUT2D eigenvalue weighted by Crippen LogP contribution is 2.32. The molecule has 35 heavy (non-hydrogen) atoms. The second-order valence-corrected chi connectivity index (χ2v) is 9.92. The SMILES string of the molecule is COc1ccc(CCNC(=O)c2ccc3nc(-c4ccc(N5CCN(C)CC5)cc4)sc3c2)cc1. The molecule has 0 atom stereocenters. The van der Waals surface area contributed by atoms with Crippen LogP contribution in [0.1, 0.15) is 15.9 Å². The molecule has 0 aliphatic carbocycles. The number of hydrogen-bond acceptors (Lipinski definition) is 6. The van der Waals surface area contributed by atoms with Crippen molar-refractivity contribution < 1.29 is 9.53 Å². The second-order valence-electron chi connectivity index (χ2n) is 8.89. The third-order valence-electron chi connectivity index (χ3n) is 6.49. The molecule has 1 N–H and O–H groups in total. The summed E-state index contributed by atoms with van der Waals surface area (Å²) in [6.45, 7) is 4.88. The van der Waals surface area contributed by atoms with E-state index in [4.69, 9.17) is 9.72 Å². The molecular formula is C28H30N4O2S. The predicted molar refractivity (Wildman–Crippen MR) is 144 cm³/mol. The summed E-state index contributed by atoms with van der Waals surface area (Å²) >= 11 is 1.62. The lowest BCUT2D eigenvalue weighted by atomic mass is 10.1. The molecule has 180 valence electrons. The number of ether oxygens (including phenoxy) is 1. The molecule has 7 heteroatoms. The van der Waals surface area contributed by atoms with Crippen molar-refractivity contribution in [3.63, 3.8) is 0 Å². The zero-order valence-corrected chi connectivity index (χ0v) is 21.0. The van der Waals surface area contributed by atoms with Gasteiger partial charge in [0.05, 0.1) is 17.3 Å². The summed E-state index contributed by atoms with van der Waals surface area (Å²) in [5, 5.41) is 4.00. The number of piperazine rings is 1. The molecule has 1 aliphatic rings. The zero-order valence-electron chi connectivity index (χ0n) is 20.2. The van der Waals surface area contributed by atoms with E-state index in [-0.39, 0.29) is 5.91 Å². The van der Waals surface area contributed by atoms with Gasteiger partial charge in [-0.15, -0.1) is 11.3 Å². The Bertz CT molecular complexity index is 1290. The lowest BCUT2D eigenvalue weighted by Gasteiger charge is -2.34. The van der Waals surface area contributed by atoms with E-state index in [1.807, 2.05) is 42.5 Å². The number of anilines is 1. The number of rotatable bonds is 7. The van der Waals surface area contributed by atoms with E-state index < -0.39 is 0 Å². The molecule has 1 aromatic heterocycles. The normalized spacial score (nSPS) is 14.3. The zero-order chi connectivity index (χ0) is 24.2. The molecule has 0 bridgehead atoms. The van der Waals surface area contributed by atoms with Crippen LogP contribution in [0.2, 0.25) is 0 Å². The molecule has 0 saturated carbocycles. The van der Waals surface area contributed by atoms with Crippen LogP contribution in [-0.2, 0) is 6.42 Å². The largest absolute Gasteiger partial charge is 0.497 e. The van der Waals surface area contributed by atoms with Crippen molar-refractivity contribution in [3.05, 3.63) is 77.9 Å². The first kappa shape index (κ1) is 23.3. The fraction of sp³-hybridized carbons (Fsp3) is 0.286. The molecule has 5 rings (SSSR count). The van der Waals surface area contributed by atoms with Crippen LogP contribution >= 0.6 is 11.3 Å². The fourth-order valence-electron chi connectivity index (χ4n) is 4.28. The Morgan fingerprint density at radius 3 is 2.46 bits per heavy atom. The third kappa shape index (κ3) is 5.47. The molecule has 4 aromatic rings. The van der Waals surface area contributed by atoms with Crippen LogP contribution in [0, 0.1) is 0 Å². The van der Waals surface area contributed by atoms with Crippen molar-refractivity contribution in [2.24, 2.45) is 0 Å². The van der Waals surface area contributed by atoms with E-state index >= 15 is 0 Å². The maximum absolute atomic E-state index is 12.7. The van der Waals surface area contributed by atoms with Gasteiger partial charge in [-0.3, -0.25) is 4.79 Å². The van der Waals surface area contributed by atoms with Gasteiger partial charge in [0.25, 0.3) is 5.91 Å². The van der Waals surface area contributed by atoms with Gasteiger partial charge in [-0.05, 0) is 73.6 Å². The van der Waals surface area contributed by atoms with Crippen molar-refractivity contribution in [3.8, 4) is 16.3 Å². The molecule has 2 heterocycles. The molecule has 1 saturated heterocycles. The van der Waals surface area contributed by atoms with E-state index in [1.54, 1.807) is 18.4 Å². The summed E-state index contributed by atoms with van der Waals surface area (Å²) < 4.78 is 6.21. The van der Waals surface area contributed by atoms with Crippen LogP contribution in [0.25, 0.3) is 20.8 Å². The molecule has 3 aromatic carbocycles. The van der Waals surface area contributed by atoms with Crippen LogP contribution in [0.4, 0.5) is 5.69 Å². The quantitative estimate of drug-likeness (QED) is 0.411. The first-order chi connectivity index (χ1) is 17.1. The maximum Gasteiger partial charge on any atom is 0.251 e. The number of carbonyl (C=O) groups excluding carboxylic acids is 1. The van der Waals surface area contributed by atoms with E-state index in [9.17, 15) is 4.79 Å². The van der Waals surface area contributed by atoms with Crippen LogP contribution in [0.5, 0.6) is 5.75 Å². The fourth-order valence-corrected chi connectivity index (χ4v) is 5.29. The van der Waals surface area contributed by atoms with Gasteiger partial charge in [0.1, 0.15) is 10.8 Å². The summed E-state index contributed by atoms with van der Waals surface area (Å²) in [7, 11) is 3.83. The molecule has 0 radical (unpaired) electrons. The van der Waals surface area contributed by atoms with Gasteiger partial charge in [0, 0.05) is 49.5 Å². The number of amides is 1. The second kappa shape index (κ2) is 10.5. The van der Waals surface area contributed by atoms with Crippen molar-refractivity contribution in [1.82, 2.24) is 15.2 Å². The van der Waals surface area contributed by atoms with Gasteiger partial charge in [0.15, 0.2) is 0 Å². The molecule has 1 aliphatic heterocycles. The standard InChI is InChI=1S/C28H30N4O2S/c1-31-15-17-32(18-16-31)23-8-5-21(6-9-23)28-30-25-12-7-22(19-26(25)35-28)27(33)29-14-13-20-3-10-24(34-2)11-4-20/h3-12,19H,13-18H2,1-2H3,(H,29,33). The number of fused-ring (bicyclic) bond motifs is 1. The highest BCUT2D eigenvalue weighted by Gasteiger charge is 2.15. The van der Waals surface area contributed by atoms with E-state index in [2.05, 4.69) is 46.4 Å². The van der Waals surface area contributed by atoms with Crippen molar-refractivity contribution >= 4 is 33.1 Å². The van der Waals surface area contributed by atoms with Crippen molar-refractivity contribution in [2.75, 3.05) is 51.8 Å². The Kier molecular flexibility index (Phi) is 6.97. The molecular weight excluding hydrogens is 456 g/mol. The van der Waals surface area contributed by atoms with Crippen LogP contribution in [0.15, 0.2) is 66.7 Å². The summed E-state index contributed by atoms with van der Waals surface area (Å²) in [4.78, 5) is 22.3. The van der Waals surface area contributed by atoms with E-state index in [1.165, 1.54) is 5.69 Å². The van der Waals surface area contributed by atoms with Crippen molar-refractivity contribution in [1.29, 1.82) is 0 Å². The van der Waals surface area contributed by atoms with Gasteiger partial charge in [-0.1, -0.05) is 12.1 Å². The van der Waals surface area contributed by atoms with E-state index in [0.29, 0.717) is 12.1 Å². The Morgan fingerprint density at radius 1 is 1.00 bits per heavy atom. The lowest BCUT2D eigenvalue weighted by Crippen LogP contribution is -2.44. The topological polar surface area (TPSA) is 57.7 Å². The molecule has 1 fully saturated rings. The smallest absolute Gasteiger partial charge is 0.251 e. The van der Waals surface area contributed by atoms with Gasteiger partial charge in [-0.2, -0.15) is 0 Å². The summed E-state index contributed by atoms with van der Waals surface area (Å²) in [6.07, 6.45) is 0.771. The number of nitrogens with zero attached hydrogens (tertiary/aromatic N) is 3. The number of hydrogen-bond donors (Lipinski definition) is 1. The summed E-state index contributed by atoms with van der Waals surface area (Å²) in [5.74, 6) is 0.771. The van der Waals surface area contributed by atoms with Crippen LogP contribution in [0.3, 0.4) is 0 Å². The van der Waals surface area contributed by atoms with Gasteiger partial charge < -0.3 is 19.9 Å². The Balaban J connectivity index is 1.22. The molecule has 6 nitrogen and oxygen atoms in total. The molecule has 0 unspecified atom stereocenters. The van der Waals surface area contributed by atoms with Gasteiger partial charge >= 0.3 is 0 Å². The number of nitrogens with one attached hydrogen (secondary N) is 1. The van der Waals surface area contributed by atoms with Gasteiger partial charge in [0.2, 0.25) is 0 Å². The number of thiazole rings is 1. The van der Waals surface area contributed by atoms with Gasteiger partial charge in [-0.25, -0.2) is 4.98 Å².